The Bertz CT molecular complexity index is 750. The fourth-order valence-electron chi connectivity index (χ4n) is 3.63. The third kappa shape index (κ3) is 4.87. The molecule has 0 saturated carbocycles. The number of methoxy groups -OCH3 is 1. The van der Waals surface area contributed by atoms with Crippen LogP contribution in [0.15, 0.2) is 54.6 Å². The molecule has 0 aromatic heterocycles. The molecular formula is C22H29N3O2. The Kier molecular flexibility index (Phi) is 6.48. The van der Waals surface area contributed by atoms with Crippen LogP contribution in [0.5, 0.6) is 0 Å². The number of urea groups is 1. The Morgan fingerprint density at radius 3 is 2.48 bits per heavy atom. The highest BCUT2D eigenvalue weighted by Crippen LogP contribution is 2.21. The van der Waals surface area contributed by atoms with E-state index in [0.29, 0.717) is 19.2 Å². The highest BCUT2D eigenvalue weighted by Gasteiger charge is 2.32. The topological polar surface area (TPSA) is 44.8 Å². The average molecular weight is 367 g/mol. The zero-order chi connectivity index (χ0) is 19.2. The summed E-state index contributed by atoms with van der Waals surface area (Å²) >= 11 is 0. The van der Waals surface area contributed by atoms with Gasteiger partial charge in [0.15, 0.2) is 0 Å². The van der Waals surface area contributed by atoms with Crippen molar-refractivity contribution in [3.63, 3.8) is 0 Å². The van der Waals surface area contributed by atoms with Gasteiger partial charge in [-0.05, 0) is 25.5 Å². The van der Waals surface area contributed by atoms with Crippen LogP contribution in [0.4, 0.5) is 10.5 Å². The Labute approximate surface area is 161 Å². The van der Waals surface area contributed by atoms with Crippen molar-refractivity contribution in [2.45, 2.75) is 39.1 Å². The van der Waals surface area contributed by atoms with E-state index in [1.165, 1.54) is 5.56 Å². The minimum absolute atomic E-state index is 0.0442. The smallest absolute Gasteiger partial charge is 0.322 e. The molecule has 1 aliphatic heterocycles. The first kappa shape index (κ1) is 19.4. The molecule has 144 valence electrons. The number of carbonyl (C=O) groups excluding carboxylic acids is 1. The second-order valence-electron chi connectivity index (χ2n) is 7.29. The molecule has 1 fully saturated rings. The van der Waals surface area contributed by atoms with Gasteiger partial charge in [0.2, 0.25) is 0 Å². The summed E-state index contributed by atoms with van der Waals surface area (Å²) in [6.45, 7) is 7.28. The Morgan fingerprint density at radius 1 is 1.04 bits per heavy atom. The maximum absolute atomic E-state index is 12.9. The Morgan fingerprint density at radius 2 is 1.74 bits per heavy atom. The lowest BCUT2D eigenvalue weighted by molar-refractivity contribution is 0.0627. The van der Waals surface area contributed by atoms with Gasteiger partial charge < -0.3 is 15.0 Å². The van der Waals surface area contributed by atoms with E-state index in [4.69, 9.17) is 4.74 Å². The molecule has 1 N–H and O–H groups in total. The summed E-state index contributed by atoms with van der Waals surface area (Å²) in [6, 6.07) is 18.7. The van der Waals surface area contributed by atoms with E-state index in [-0.39, 0.29) is 12.1 Å². The Balaban J connectivity index is 1.64. The lowest BCUT2D eigenvalue weighted by Crippen LogP contribution is -2.58. The van der Waals surface area contributed by atoms with E-state index in [2.05, 4.69) is 48.3 Å². The van der Waals surface area contributed by atoms with Crippen molar-refractivity contribution in [2.75, 3.05) is 25.5 Å². The molecule has 0 spiro atoms. The monoisotopic (exact) mass is 367 g/mol. The quantitative estimate of drug-likeness (QED) is 0.870. The largest absolute Gasteiger partial charge is 0.380 e. The predicted octanol–water partition coefficient (Wildman–Crippen LogP) is 3.96. The van der Waals surface area contributed by atoms with Gasteiger partial charge in [-0.25, -0.2) is 4.79 Å². The molecule has 0 radical (unpaired) electrons. The molecule has 1 saturated heterocycles. The molecule has 0 bridgehead atoms. The van der Waals surface area contributed by atoms with Crippen LogP contribution in [0.3, 0.4) is 0 Å². The molecular weight excluding hydrogens is 338 g/mol. The number of hydrogen-bond acceptors (Lipinski definition) is 3. The second kappa shape index (κ2) is 9.02. The summed E-state index contributed by atoms with van der Waals surface area (Å²) in [5.74, 6) is 0. The van der Waals surface area contributed by atoms with Gasteiger partial charge in [-0.1, -0.05) is 48.5 Å². The maximum Gasteiger partial charge on any atom is 0.322 e. The van der Waals surface area contributed by atoms with E-state index < -0.39 is 0 Å². The van der Waals surface area contributed by atoms with Gasteiger partial charge >= 0.3 is 6.03 Å². The van der Waals surface area contributed by atoms with Gasteiger partial charge in [-0.3, -0.25) is 4.90 Å². The molecule has 5 heteroatoms. The molecule has 5 nitrogen and oxygen atoms in total. The molecule has 1 heterocycles. The normalized spacial score (nSPS) is 20.5. The van der Waals surface area contributed by atoms with Crippen LogP contribution in [0.25, 0.3) is 0 Å². The number of ether oxygens (including phenoxy) is 1. The number of piperazine rings is 1. The van der Waals surface area contributed by atoms with Crippen LogP contribution >= 0.6 is 0 Å². The third-order valence-corrected chi connectivity index (χ3v) is 5.16. The highest BCUT2D eigenvalue weighted by molar-refractivity contribution is 5.90. The van der Waals surface area contributed by atoms with Crippen molar-refractivity contribution in [1.82, 2.24) is 9.80 Å². The lowest BCUT2D eigenvalue weighted by Gasteiger charge is -2.44. The van der Waals surface area contributed by atoms with Crippen molar-refractivity contribution < 1.29 is 9.53 Å². The van der Waals surface area contributed by atoms with Gasteiger partial charge in [0.1, 0.15) is 0 Å². The molecule has 2 aromatic carbocycles. The number of rotatable bonds is 5. The number of anilines is 1. The summed E-state index contributed by atoms with van der Waals surface area (Å²) in [6.07, 6.45) is 0. The zero-order valence-corrected chi connectivity index (χ0v) is 16.4. The molecule has 1 aliphatic rings. The van der Waals surface area contributed by atoms with Crippen molar-refractivity contribution in [3.8, 4) is 0 Å². The van der Waals surface area contributed by atoms with Crippen molar-refractivity contribution in [3.05, 3.63) is 65.7 Å². The van der Waals surface area contributed by atoms with Gasteiger partial charge in [0, 0.05) is 50.1 Å². The van der Waals surface area contributed by atoms with Crippen molar-refractivity contribution in [1.29, 1.82) is 0 Å². The maximum atomic E-state index is 12.9. The Hall–Kier alpha value is -2.37. The molecule has 2 amide bonds. The number of nitrogens with one attached hydrogen (secondary N) is 1. The van der Waals surface area contributed by atoms with Crippen LogP contribution in [0.1, 0.15) is 25.0 Å². The van der Waals surface area contributed by atoms with Crippen molar-refractivity contribution >= 4 is 11.7 Å². The number of benzene rings is 2. The summed E-state index contributed by atoms with van der Waals surface area (Å²) in [5.41, 5.74) is 3.11. The second-order valence-corrected chi connectivity index (χ2v) is 7.29. The first-order valence-corrected chi connectivity index (χ1v) is 9.51. The fourth-order valence-corrected chi connectivity index (χ4v) is 3.63. The third-order valence-electron chi connectivity index (χ3n) is 5.16. The van der Waals surface area contributed by atoms with E-state index in [1.807, 2.05) is 35.2 Å². The van der Waals surface area contributed by atoms with Gasteiger partial charge in [0.25, 0.3) is 0 Å². The minimum Gasteiger partial charge on any atom is -0.380 e. The van der Waals surface area contributed by atoms with Crippen LogP contribution in [0, 0.1) is 0 Å². The molecule has 2 atom stereocenters. The van der Waals surface area contributed by atoms with Crippen LogP contribution in [0.2, 0.25) is 0 Å². The first-order valence-electron chi connectivity index (χ1n) is 9.51. The van der Waals surface area contributed by atoms with Gasteiger partial charge in [-0.2, -0.15) is 0 Å². The standard InChI is InChI=1S/C22H29N3O2/c1-17-14-25(18(2)13-24(17)15-19-9-5-4-6-10-19)22(26)23-21-12-8-7-11-20(21)16-27-3/h4-12,17-18H,13-16H2,1-3H3,(H,23,26)/t17-,18+/m0/s1. The van der Waals surface area contributed by atoms with Crippen LogP contribution < -0.4 is 5.32 Å². The predicted molar refractivity (Wildman–Crippen MR) is 109 cm³/mol. The van der Waals surface area contributed by atoms with E-state index in [0.717, 1.165) is 24.3 Å². The zero-order valence-electron chi connectivity index (χ0n) is 16.4. The van der Waals surface area contributed by atoms with Gasteiger partial charge in [0.05, 0.1) is 6.61 Å². The van der Waals surface area contributed by atoms with Crippen molar-refractivity contribution in [2.24, 2.45) is 0 Å². The first-order chi connectivity index (χ1) is 13.1. The number of carbonyl (C=O) groups is 1. The van der Waals surface area contributed by atoms with Crippen LogP contribution in [-0.2, 0) is 17.9 Å². The SMILES string of the molecule is COCc1ccccc1NC(=O)N1C[C@H](C)N(Cc2ccccc2)C[C@H]1C. The summed E-state index contributed by atoms with van der Waals surface area (Å²) in [7, 11) is 1.66. The van der Waals surface area contributed by atoms with E-state index >= 15 is 0 Å². The molecule has 27 heavy (non-hydrogen) atoms. The summed E-state index contributed by atoms with van der Waals surface area (Å²) in [4.78, 5) is 17.3. The van der Waals surface area contributed by atoms with Gasteiger partial charge in [-0.15, -0.1) is 0 Å². The average Bonchev–Trinajstić information content (AvgIpc) is 2.67. The molecule has 3 rings (SSSR count). The van der Waals surface area contributed by atoms with Crippen LogP contribution in [-0.4, -0.2) is 48.1 Å². The minimum atomic E-state index is -0.0442. The number of hydrogen-bond donors (Lipinski definition) is 1. The number of para-hydroxylation sites is 1. The molecule has 0 aliphatic carbocycles. The fraction of sp³-hybridized carbons (Fsp3) is 0.409. The van der Waals surface area contributed by atoms with E-state index in [9.17, 15) is 4.79 Å². The lowest BCUT2D eigenvalue weighted by atomic mass is 10.1. The molecule has 0 unspecified atom stereocenters. The summed E-state index contributed by atoms with van der Waals surface area (Å²) in [5, 5.41) is 3.07. The molecule has 2 aromatic rings. The number of amides is 2. The highest BCUT2D eigenvalue weighted by atomic mass is 16.5. The number of nitrogens with zero attached hydrogens (tertiary/aromatic N) is 2. The van der Waals surface area contributed by atoms with E-state index in [1.54, 1.807) is 7.11 Å². The summed E-state index contributed by atoms with van der Waals surface area (Å²) < 4.78 is 5.23.